The Morgan fingerprint density at radius 1 is 1.09 bits per heavy atom. The third kappa shape index (κ3) is 2.21. The predicted octanol–water partition coefficient (Wildman–Crippen LogP) is 4.11. The molecule has 0 atom stereocenters. The van der Waals surface area contributed by atoms with Crippen molar-refractivity contribution in [3.63, 3.8) is 0 Å². The molecular weight excluding hydrogens is 274 g/mol. The summed E-state index contributed by atoms with van der Waals surface area (Å²) in [7, 11) is 0. The maximum absolute atomic E-state index is 11.7. The van der Waals surface area contributed by atoms with Gasteiger partial charge in [0.1, 0.15) is 0 Å². The Bertz CT molecular complexity index is 835. The number of carbonyl (C=O) groups is 1. The maximum atomic E-state index is 11.7. The number of anilines is 1. The molecule has 4 nitrogen and oxygen atoms in total. The van der Waals surface area contributed by atoms with Gasteiger partial charge in [-0.3, -0.25) is 4.90 Å². The lowest BCUT2D eigenvalue weighted by Gasteiger charge is -2.20. The number of aromatic nitrogens is 1. The minimum atomic E-state index is -0.402. The zero-order valence-electron chi connectivity index (χ0n) is 13.0. The largest absolute Gasteiger partial charge is 0.351 e. The molecule has 2 amide bonds. The fourth-order valence-corrected chi connectivity index (χ4v) is 3.14. The van der Waals surface area contributed by atoms with Crippen molar-refractivity contribution >= 4 is 33.5 Å². The summed E-state index contributed by atoms with van der Waals surface area (Å²) >= 11 is 0. The van der Waals surface area contributed by atoms with Crippen LogP contribution in [-0.2, 0) is 6.54 Å². The van der Waals surface area contributed by atoms with Gasteiger partial charge < -0.3 is 10.3 Å². The summed E-state index contributed by atoms with van der Waals surface area (Å²) in [4.78, 5) is 13.3. The van der Waals surface area contributed by atoms with Gasteiger partial charge in [0.2, 0.25) is 0 Å². The van der Waals surface area contributed by atoms with Crippen LogP contribution in [-0.4, -0.2) is 17.1 Å². The molecule has 4 heteroatoms. The highest BCUT2D eigenvalue weighted by Crippen LogP contribution is 2.32. The zero-order valence-corrected chi connectivity index (χ0v) is 13.0. The fraction of sp³-hybridized carbons (Fsp3) is 0.278. The first-order valence-corrected chi connectivity index (χ1v) is 7.75. The number of aryl methyl sites for hydroxylation is 1. The molecule has 22 heavy (non-hydrogen) atoms. The molecule has 0 fully saturated rings. The van der Waals surface area contributed by atoms with E-state index >= 15 is 0 Å². The molecule has 3 rings (SSSR count). The van der Waals surface area contributed by atoms with Crippen LogP contribution in [0.5, 0.6) is 0 Å². The van der Waals surface area contributed by atoms with Gasteiger partial charge in [0.05, 0.1) is 0 Å². The van der Waals surface area contributed by atoms with E-state index < -0.39 is 6.03 Å². The number of benzene rings is 2. The van der Waals surface area contributed by atoms with Crippen molar-refractivity contribution in [1.82, 2.24) is 4.57 Å². The summed E-state index contributed by atoms with van der Waals surface area (Å²) in [5.74, 6) is 0. The highest BCUT2D eigenvalue weighted by molar-refractivity contribution is 6.09. The Balaban J connectivity index is 2.25. The number of para-hydroxylation sites is 1. The van der Waals surface area contributed by atoms with Crippen LogP contribution in [0.25, 0.3) is 21.8 Å². The second kappa shape index (κ2) is 5.72. The first-order chi connectivity index (χ1) is 10.7. The molecule has 0 aliphatic heterocycles. The summed E-state index contributed by atoms with van der Waals surface area (Å²) in [5, 5.41) is 2.37. The number of primary amides is 1. The van der Waals surface area contributed by atoms with Gasteiger partial charge in [-0.1, -0.05) is 25.1 Å². The molecule has 2 aromatic carbocycles. The first-order valence-electron chi connectivity index (χ1n) is 7.75. The number of rotatable bonds is 4. The molecule has 0 aliphatic carbocycles. The van der Waals surface area contributed by atoms with Crippen LogP contribution < -0.4 is 10.6 Å². The van der Waals surface area contributed by atoms with Gasteiger partial charge in [0, 0.05) is 40.6 Å². The van der Waals surface area contributed by atoms with Gasteiger partial charge in [-0.05, 0) is 37.6 Å². The van der Waals surface area contributed by atoms with Crippen molar-refractivity contribution in [3.8, 4) is 0 Å². The topological polar surface area (TPSA) is 51.3 Å². The molecule has 3 aromatic rings. The van der Waals surface area contributed by atoms with Crippen LogP contribution >= 0.6 is 0 Å². The lowest BCUT2D eigenvalue weighted by Crippen LogP contribution is -2.36. The normalized spacial score (nSPS) is 11.2. The molecule has 1 aromatic heterocycles. The van der Waals surface area contributed by atoms with Crippen LogP contribution in [0.2, 0.25) is 0 Å². The van der Waals surface area contributed by atoms with Crippen molar-refractivity contribution in [2.24, 2.45) is 5.73 Å². The van der Waals surface area contributed by atoms with Crippen molar-refractivity contribution in [2.75, 3.05) is 11.4 Å². The molecule has 0 saturated heterocycles. The smallest absolute Gasteiger partial charge is 0.319 e. The zero-order chi connectivity index (χ0) is 15.7. The maximum Gasteiger partial charge on any atom is 0.319 e. The first kappa shape index (κ1) is 14.4. The molecule has 0 saturated carbocycles. The van der Waals surface area contributed by atoms with E-state index in [0.29, 0.717) is 6.54 Å². The van der Waals surface area contributed by atoms with Crippen molar-refractivity contribution in [1.29, 1.82) is 0 Å². The van der Waals surface area contributed by atoms with Crippen LogP contribution in [0, 0.1) is 0 Å². The highest BCUT2D eigenvalue weighted by atomic mass is 16.2. The van der Waals surface area contributed by atoms with E-state index in [9.17, 15) is 4.79 Å². The van der Waals surface area contributed by atoms with Crippen molar-refractivity contribution < 1.29 is 4.79 Å². The number of nitrogens with two attached hydrogens (primary N) is 1. The van der Waals surface area contributed by atoms with Crippen LogP contribution in [0.1, 0.15) is 20.3 Å². The van der Waals surface area contributed by atoms with E-state index in [1.807, 2.05) is 19.1 Å². The Kier molecular flexibility index (Phi) is 3.75. The number of hydrogen-bond donors (Lipinski definition) is 1. The molecule has 1 heterocycles. The van der Waals surface area contributed by atoms with E-state index in [2.05, 4.69) is 41.8 Å². The molecular formula is C18H21N3O. The average molecular weight is 295 g/mol. The summed E-state index contributed by atoms with van der Waals surface area (Å²) < 4.78 is 2.29. The van der Waals surface area contributed by atoms with Gasteiger partial charge >= 0.3 is 6.03 Å². The van der Waals surface area contributed by atoms with Gasteiger partial charge in [-0.2, -0.15) is 0 Å². The summed E-state index contributed by atoms with van der Waals surface area (Å²) in [6.45, 7) is 5.73. The lowest BCUT2D eigenvalue weighted by atomic mass is 10.1. The second-order valence-corrected chi connectivity index (χ2v) is 5.45. The van der Waals surface area contributed by atoms with Crippen molar-refractivity contribution in [3.05, 3.63) is 42.5 Å². The van der Waals surface area contributed by atoms with Crippen LogP contribution in [0.3, 0.4) is 0 Å². The number of carbonyl (C=O) groups excluding carboxylic acids is 1. The Labute approximate surface area is 130 Å². The molecule has 0 aliphatic rings. The van der Waals surface area contributed by atoms with Gasteiger partial charge in [-0.25, -0.2) is 4.79 Å². The molecule has 2 N–H and O–H groups in total. The van der Waals surface area contributed by atoms with Gasteiger partial charge in [0.25, 0.3) is 0 Å². The lowest BCUT2D eigenvalue weighted by molar-refractivity contribution is 0.254. The van der Waals surface area contributed by atoms with Gasteiger partial charge in [0.15, 0.2) is 0 Å². The predicted molar refractivity (Wildman–Crippen MR) is 92.3 cm³/mol. The molecule has 114 valence electrons. The number of urea groups is 1. The monoisotopic (exact) mass is 295 g/mol. The molecule has 0 unspecified atom stereocenters. The van der Waals surface area contributed by atoms with E-state index in [4.69, 9.17) is 5.73 Å². The number of amides is 2. The minimum absolute atomic E-state index is 0.402. The van der Waals surface area contributed by atoms with E-state index in [1.54, 1.807) is 4.90 Å². The van der Waals surface area contributed by atoms with Crippen LogP contribution in [0.15, 0.2) is 42.5 Å². The third-order valence-electron chi connectivity index (χ3n) is 4.10. The van der Waals surface area contributed by atoms with Gasteiger partial charge in [-0.15, -0.1) is 0 Å². The Morgan fingerprint density at radius 2 is 1.82 bits per heavy atom. The summed E-state index contributed by atoms with van der Waals surface area (Å²) in [6.07, 6.45) is 0.873. The SMILES string of the molecule is CCCN(C(N)=O)c1ccc2c(c1)c1ccccc1n2CC. The van der Waals surface area contributed by atoms with E-state index in [-0.39, 0.29) is 0 Å². The van der Waals surface area contributed by atoms with Crippen LogP contribution in [0.4, 0.5) is 10.5 Å². The Morgan fingerprint density at radius 3 is 2.50 bits per heavy atom. The summed E-state index contributed by atoms with van der Waals surface area (Å²) in [6, 6.07) is 14.1. The quantitative estimate of drug-likeness (QED) is 0.773. The molecule has 0 radical (unpaired) electrons. The minimum Gasteiger partial charge on any atom is -0.351 e. The molecule has 0 bridgehead atoms. The number of nitrogens with zero attached hydrogens (tertiary/aromatic N) is 2. The van der Waals surface area contributed by atoms with Crippen molar-refractivity contribution in [2.45, 2.75) is 26.8 Å². The Hall–Kier alpha value is -2.49. The third-order valence-corrected chi connectivity index (χ3v) is 4.10. The summed E-state index contributed by atoms with van der Waals surface area (Å²) in [5.41, 5.74) is 8.80. The number of hydrogen-bond acceptors (Lipinski definition) is 1. The fourth-order valence-electron chi connectivity index (χ4n) is 3.14. The van der Waals surface area contributed by atoms with E-state index in [0.717, 1.165) is 24.0 Å². The average Bonchev–Trinajstić information content (AvgIpc) is 2.85. The molecule has 0 spiro atoms. The number of fused-ring (bicyclic) bond motifs is 3. The standard InChI is InChI=1S/C18H21N3O/c1-3-11-21(18(19)22)13-9-10-17-15(12-13)14-7-5-6-8-16(14)20(17)4-2/h5-10,12H,3-4,11H2,1-2H3,(H2,19,22). The second-order valence-electron chi connectivity index (χ2n) is 5.45. The van der Waals surface area contributed by atoms with E-state index in [1.165, 1.54) is 16.4 Å². The highest BCUT2D eigenvalue weighted by Gasteiger charge is 2.15.